The molecular formula is C18H24N2O. The lowest BCUT2D eigenvalue weighted by atomic mass is 10.0. The Balaban J connectivity index is 2.65. The lowest BCUT2D eigenvalue weighted by Gasteiger charge is -2.16. The van der Waals surface area contributed by atoms with Gasteiger partial charge >= 0.3 is 0 Å². The molecule has 3 nitrogen and oxygen atoms in total. The number of hydrogen-bond donors (Lipinski definition) is 1. The van der Waals surface area contributed by atoms with Crippen molar-refractivity contribution in [3.63, 3.8) is 0 Å². The first-order chi connectivity index (χ1) is 10.1. The molecule has 0 amide bonds. The maximum atomic E-state index is 12.7. The molecule has 0 fully saturated rings. The second-order valence-corrected chi connectivity index (χ2v) is 5.55. The number of pyridine rings is 1. The SMILES string of the molecule is CCCn1c(-c2cc(C)ccc2C)ccc(CNC)c1=O. The lowest BCUT2D eigenvalue weighted by Crippen LogP contribution is -2.27. The molecule has 0 unspecified atom stereocenters. The molecule has 0 saturated heterocycles. The molecule has 2 rings (SSSR count). The Morgan fingerprint density at radius 3 is 2.57 bits per heavy atom. The van der Waals surface area contributed by atoms with Crippen molar-refractivity contribution in [2.45, 2.75) is 40.3 Å². The van der Waals surface area contributed by atoms with E-state index in [1.54, 1.807) is 0 Å². The van der Waals surface area contributed by atoms with Crippen LogP contribution in [0.15, 0.2) is 35.1 Å². The van der Waals surface area contributed by atoms with Gasteiger partial charge in [-0.15, -0.1) is 0 Å². The van der Waals surface area contributed by atoms with Crippen molar-refractivity contribution in [1.29, 1.82) is 0 Å². The maximum Gasteiger partial charge on any atom is 0.255 e. The fourth-order valence-corrected chi connectivity index (χ4v) is 2.64. The molecule has 0 spiro atoms. The molecule has 0 radical (unpaired) electrons. The average molecular weight is 284 g/mol. The number of aromatic nitrogens is 1. The van der Waals surface area contributed by atoms with Gasteiger partial charge in [-0.1, -0.05) is 30.7 Å². The van der Waals surface area contributed by atoms with Crippen molar-refractivity contribution < 1.29 is 0 Å². The molecule has 1 N–H and O–H groups in total. The highest BCUT2D eigenvalue weighted by Gasteiger charge is 2.11. The second-order valence-electron chi connectivity index (χ2n) is 5.55. The van der Waals surface area contributed by atoms with Crippen molar-refractivity contribution >= 4 is 0 Å². The largest absolute Gasteiger partial charge is 0.315 e. The van der Waals surface area contributed by atoms with E-state index in [1.807, 2.05) is 17.7 Å². The number of hydrogen-bond acceptors (Lipinski definition) is 2. The van der Waals surface area contributed by atoms with Crippen LogP contribution in [0.3, 0.4) is 0 Å². The van der Waals surface area contributed by atoms with Gasteiger partial charge in [0, 0.05) is 24.2 Å². The molecule has 0 aliphatic heterocycles. The second kappa shape index (κ2) is 6.72. The molecule has 0 aliphatic carbocycles. The van der Waals surface area contributed by atoms with E-state index >= 15 is 0 Å². The van der Waals surface area contributed by atoms with Gasteiger partial charge in [0.15, 0.2) is 0 Å². The fourth-order valence-electron chi connectivity index (χ4n) is 2.64. The Hall–Kier alpha value is -1.87. The van der Waals surface area contributed by atoms with Gasteiger partial charge in [0.25, 0.3) is 5.56 Å². The number of aryl methyl sites for hydroxylation is 2. The van der Waals surface area contributed by atoms with Crippen LogP contribution in [0.4, 0.5) is 0 Å². The summed E-state index contributed by atoms with van der Waals surface area (Å²) >= 11 is 0. The van der Waals surface area contributed by atoms with E-state index in [-0.39, 0.29) is 5.56 Å². The highest BCUT2D eigenvalue weighted by atomic mass is 16.1. The summed E-state index contributed by atoms with van der Waals surface area (Å²) in [6.45, 7) is 7.64. The zero-order valence-electron chi connectivity index (χ0n) is 13.4. The smallest absolute Gasteiger partial charge is 0.255 e. The van der Waals surface area contributed by atoms with Gasteiger partial charge in [-0.3, -0.25) is 4.79 Å². The van der Waals surface area contributed by atoms with Crippen LogP contribution in [-0.2, 0) is 13.1 Å². The Labute approximate surface area is 126 Å². The molecule has 2 aromatic rings. The van der Waals surface area contributed by atoms with E-state index < -0.39 is 0 Å². The minimum atomic E-state index is 0.115. The monoisotopic (exact) mass is 284 g/mol. The van der Waals surface area contributed by atoms with E-state index in [0.717, 1.165) is 29.8 Å². The molecule has 21 heavy (non-hydrogen) atoms. The first-order valence-corrected chi connectivity index (χ1v) is 7.53. The molecule has 1 heterocycles. The van der Waals surface area contributed by atoms with Crippen LogP contribution in [0.2, 0.25) is 0 Å². The van der Waals surface area contributed by atoms with Crippen molar-refractivity contribution in [2.75, 3.05) is 7.05 Å². The summed E-state index contributed by atoms with van der Waals surface area (Å²) in [5, 5.41) is 3.06. The summed E-state index contributed by atoms with van der Waals surface area (Å²) in [5.74, 6) is 0. The Morgan fingerprint density at radius 2 is 1.90 bits per heavy atom. The van der Waals surface area contributed by atoms with Gasteiger partial charge in [-0.25, -0.2) is 0 Å². The van der Waals surface area contributed by atoms with Gasteiger partial charge in [-0.05, 0) is 45.0 Å². The number of nitrogens with zero attached hydrogens (tertiary/aromatic N) is 1. The predicted molar refractivity (Wildman–Crippen MR) is 88.7 cm³/mol. The van der Waals surface area contributed by atoms with Gasteiger partial charge in [-0.2, -0.15) is 0 Å². The molecule has 1 aromatic heterocycles. The topological polar surface area (TPSA) is 34.0 Å². The molecular weight excluding hydrogens is 260 g/mol. The van der Waals surface area contributed by atoms with Crippen LogP contribution in [0.25, 0.3) is 11.3 Å². The van der Waals surface area contributed by atoms with Crippen LogP contribution in [0.5, 0.6) is 0 Å². The minimum Gasteiger partial charge on any atom is -0.315 e. The molecule has 0 atom stereocenters. The van der Waals surface area contributed by atoms with E-state index in [4.69, 9.17) is 0 Å². The molecule has 0 bridgehead atoms. The van der Waals surface area contributed by atoms with Gasteiger partial charge in [0.2, 0.25) is 0 Å². The first-order valence-electron chi connectivity index (χ1n) is 7.53. The Morgan fingerprint density at radius 1 is 1.14 bits per heavy atom. The van der Waals surface area contributed by atoms with Crippen LogP contribution in [-0.4, -0.2) is 11.6 Å². The summed E-state index contributed by atoms with van der Waals surface area (Å²) in [5.41, 5.74) is 5.51. The molecule has 0 saturated carbocycles. The maximum absolute atomic E-state index is 12.7. The highest BCUT2D eigenvalue weighted by Crippen LogP contribution is 2.24. The Kier molecular flexibility index (Phi) is 4.97. The fraction of sp³-hybridized carbons (Fsp3) is 0.389. The van der Waals surface area contributed by atoms with E-state index in [1.165, 1.54) is 11.1 Å². The summed E-state index contributed by atoms with van der Waals surface area (Å²) in [4.78, 5) is 12.7. The molecule has 0 aliphatic rings. The van der Waals surface area contributed by atoms with Crippen LogP contribution < -0.4 is 10.9 Å². The third-order valence-electron chi connectivity index (χ3n) is 3.74. The normalized spacial score (nSPS) is 10.9. The van der Waals surface area contributed by atoms with Crippen LogP contribution in [0, 0.1) is 13.8 Å². The molecule has 3 heteroatoms. The summed E-state index contributed by atoms with van der Waals surface area (Å²) < 4.78 is 1.91. The third-order valence-corrected chi connectivity index (χ3v) is 3.74. The van der Waals surface area contributed by atoms with Crippen molar-refractivity contribution in [3.05, 3.63) is 57.4 Å². The van der Waals surface area contributed by atoms with Crippen LogP contribution in [0.1, 0.15) is 30.0 Å². The van der Waals surface area contributed by atoms with Gasteiger partial charge in [0.05, 0.1) is 5.69 Å². The van der Waals surface area contributed by atoms with Crippen LogP contribution >= 0.6 is 0 Å². The van der Waals surface area contributed by atoms with Crippen molar-refractivity contribution in [1.82, 2.24) is 9.88 Å². The average Bonchev–Trinajstić information content (AvgIpc) is 2.46. The standard InChI is InChI=1S/C18H24N2O/c1-5-10-20-17(9-8-15(12-19-4)18(20)21)16-11-13(2)6-7-14(16)3/h6-9,11,19H,5,10,12H2,1-4H3. The number of benzene rings is 1. The zero-order chi connectivity index (χ0) is 15.4. The zero-order valence-corrected chi connectivity index (χ0v) is 13.4. The lowest BCUT2D eigenvalue weighted by molar-refractivity contribution is 0.647. The summed E-state index contributed by atoms with van der Waals surface area (Å²) in [6.07, 6.45) is 0.945. The van der Waals surface area contributed by atoms with E-state index in [2.05, 4.69) is 50.4 Å². The predicted octanol–water partition coefficient (Wildman–Crippen LogP) is 3.26. The quantitative estimate of drug-likeness (QED) is 0.914. The molecule has 112 valence electrons. The Bertz CT molecular complexity index is 686. The first kappa shape index (κ1) is 15.5. The van der Waals surface area contributed by atoms with E-state index in [0.29, 0.717) is 6.54 Å². The third kappa shape index (κ3) is 3.24. The summed E-state index contributed by atoms with van der Waals surface area (Å²) in [7, 11) is 1.86. The highest BCUT2D eigenvalue weighted by molar-refractivity contribution is 5.65. The molecule has 1 aromatic carbocycles. The van der Waals surface area contributed by atoms with Crippen molar-refractivity contribution in [2.24, 2.45) is 0 Å². The van der Waals surface area contributed by atoms with E-state index in [9.17, 15) is 4.79 Å². The summed E-state index contributed by atoms with van der Waals surface area (Å²) in [6, 6.07) is 10.4. The number of nitrogens with one attached hydrogen (secondary N) is 1. The number of rotatable bonds is 5. The van der Waals surface area contributed by atoms with Crippen molar-refractivity contribution in [3.8, 4) is 11.3 Å². The van der Waals surface area contributed by atoms with Gasteiger partial charge in [0.1, 0.15) is 0 Å². The minimum absolute atomic E-state index is 0.115. The van der Waals surface area contributed by atoms with Gasteiger partial charge < -0.3 is 9.88 Å².